The second kappa shape index (κ2) is 6.13. The van der Waals surface area contributed by atoms with Crippen molar-refractivity contribution >= 4 is 28.6 Å². The largest absolute Gasteiger partial charge is 0.480 e. The molecule has 1 atom stereocenters. The number of carbonyl (C=O) groups is 1. The maximum atomic E-state index is 12.3. The molecule has 0 aliphatic heterocycles. The zero-order chi connectivity index (χ0) is 16.4. The van der Waals surface area contributed by atoms with Gasteiger partial charge in [0, 0.05) is 0 Å². The third-order valence-corrected chi connectivity index (χ3v) is 4.53. The van der Waals surface area contributed by atoms with E-state index in [1.807, 2.05) is 0 Å². The summed E-state index contributed by atoms with van der Waals surface area (Å²) in [5, 5.41) is 9.13. The van der Waals surface area contributed by atoms with Gasteiger partial charge in [0.15, 0.2) is 5.16 Å². The van der Waals surface area contributed by atoms with Gasteiger partial charge in [-0.3, -0.25) is 9.59 Å². The number of fused-ring (bicyclic) bond motifs is 1. The van der Waals surface area contributed by atoms with Crippen molar-refractivity contribution in [1.82, 2.24) is 9.66 Å². The van der Waals surface area contributed by atoms with Crippen LogP contribution in [0.15, 0.2) is 64.5 Å². The molecule has 6 nitrogen and oxygen atoms in total. The van der Waals surface area contributed by atoms with Crippen LogP contribution >= 0.6 is 11.8 Å². The van der Waals surface area contributed by atoms with Crippen molar-refractivity contribution < 1.29 is 9.90 Å². The van der Waals surface area contributed by atoms with E-state index in [9.17, 15) is 14.7 Å². The lowest BCUT2D eigenvalue weighted by Gasteiger charge is -2.14. The lowest BCUT2D eigenvalue weighted by atomic mass is 10.1. The molecule has 0 saturated heterocycles. The normalized spacial score (nSPS) is 12.2. The summed E-state index contributed by atoms with van der Waals surface area (Å²) in [5.41, 5.74) is 0.682. The van der Waals surface area contributed by atoms with Crippen LogP contribution < -0.4 is 11.4 Å². The molecule has 0 bridgehead atoms. The van der Waals surface area contributed by atoms with Crippen LogP contribution in [0.2, 0.25) is 0 Å². The molecule has 0 radical (unpaired) electrons. The van der Waals surface area contributed by atoms with Crippen molar-refractivity contribution in [3.8, 4) is 0 Å². The number of nitrogens with zero attached hydrogens (tertiary/aromatic N) is 2. The summed E-state index contributed by atoms with van der Waals surface area (Å²) in [5.74, 6) is 4.78. The Hall–Kier alpha value is -2.80. The highest BCUT2D eigenvalue weighted by Gasteiger charge is 2.24. The number of carboxylic acids is 1. The van der Waals surface area contributed by atoms with Crippen molar-refractivity contribution in [3.05, 3.63) is 70.5 Å². The first-order valence-electron chi connectivity index (χ1n) is 6.79. The molecule has 7 heteroatoms. The van der Waals surface area contributed by atoms with Crippen molar-refractivity contribution in [1.29, 1.82) is 0 Å². The number of rotatable bonds is 4. The summed E-state index contributed by atoms with van der Waals surface area (Å²) in [7, 11) is 0. The minimum absolute atomic E-state index is 0.157. The maximum Gasteiger partial charge on any atom is 0.321 e. The molecule has 0 amide bonds. The molecule has 1 aromatic heterocycles. The van der Waals surface area contributed by atoms with Gasteiger partial charge in [-0.05, 0) is 17.7 Å². The number of aliphatic carboxylic acids is 1. The molecule has 0 aliphatic carbocycles. The second-order valence-electron chi connectivity index (χ2n) is 4.83. The number of hydrogen-bond acceptors (Lipinski definition) is 5. The van der Waals surface area contributed by atoms with Gasteiger partial charge >= 0.3 is 5.97 Å². The van der Waals surface area contributed by atoms with Crippen LogP contribution in [0.1, 0.15) is 10.8 Å². The molecule has 3 rings (SSSR count). The monoisotopic (exact) mass is 327 g/mol. The van der Waals surface area contributed by atoms with Crippen LogP contribution in [0, 0.1) is 0 Å². The maximum absolute atomic E-state index is 12.3. The Kier molecular flexibility index (Phi) is 4.03. The van der Waals surface area contributed by atoms with E-state index < -0.39 is 16.8 Å². The Bertz CT molecular complexity index is 925. The fraction of sp³-hybridized carbons (Fsp3) is 0.0625. The number of nitrogen functional groups attached to an aromatic ring is 1. The second-order valence-corrected chi connectivity index (χ2v) is 5.91. The van der Waals surface area contributed by atoms with E-state index in [1.54, 1.807) is 54.6 Å². The molecule has 1 heterocycles. The van der Waals surface area contributed by atoms with E-state index in [0.29, 0.717) is 16.5 Å². The molecule has 23 heavy (non-hydrogen) atoms. The molecule has 2 aromatic carbocycles. The van der Waals surface area contributed by atoms with E-state index in [-0.39, 0.29) is 5.16 Å². The first-order chi connectivity index (χ1) is 11.1. The van der Waals surface area contributed by atoms with Gasteiger partial charge in [0.05, 0.1) is 10.9 Å². The molecular weight excluding hydrogens is 314 g/mol. The average molecular weight is 327 g/mol. The Morgan fingerprint density at radius 2 is 1.78 bits per heavy atom. The number of aromatic nitrogens is 2. The van der Waals surface area contributed by atoms with Gasteiger partial charge in [0.2, 0.25) is 0 Å². The van der Waals surface area contributed by atoms with Crippen LogP contribution in [0.4, 0.5) is 0 Å². The number of thioether (sulfide) groups is 1. The number of nitrogens with two attached hydrogens (primary N) is 1. The number of benzene rings is 2. The summed E-state index contributed by atoms with van der Waals surface area (Å²) in [6.07, 6.45) is 0. The summed E-state index contributed by atoms with van der Waals surface area (Å²) < 4.78 is 0.895. The van der Waals surface area contributed by atoms with Gasteiger partial charge in [-0.15, -0.1) is 0 Å². The van der Waals surface area contributed by atoms with Crippen LogP contribution in [0.5, 0.6) is 0 Å². The molecule has 1 unspecified atom stereocenters. The average Bonchev–Trinajstić information content (AvgIpc) is 2.57. The highest BCUT2D eigenvalue weighted by atomic mass is 32.2. The predicted molar refractivity (Wildman–Crippen MR) is 88.8 cm³/mol. The minimum atomic E-state index is -1.02. The third-order valence-electron chi connectivity index (χ3n) is 3.33. The van der Waals surface area contributed by atoms with Crippen molar-refractivity contribution in [3.63, 3.8) is 0 Å². The zero-order valence-corrected chi connectivity index (χ0v) is 12.7. The van der Waals surface area contributed by atoms with Gasteiger partial charge in [-0.25, -0.2) is 9.66 Å². The number of carboxylic acid groups (broad SMARTS) is 1. The Morgan fingerprint density at radius 3 is 2.48 bits per heavy atom. The summed E-state index contributed by atoms with van der Waals surface area (Å²) in [6, 6.07) is 15.6. The molecule has 3 aromatic rings. The Labute approximate surface area is 135 Å². The third kappa shape index (κ3) is 2.91. The van der Waals surface area contributed by atoms with Gasteiger partial charge < -0.3 is 10.9 Å². The number of para-hydroxylation sites is 1. The van der Waals surface area contributed by atoms with Crippen LogP contribution in [0.3, 0.4) is 0 Å². The number of hydrogen-bond donors (Lipinski definition) is 2. The van der Waals surface area contributed by atoms with Gasteiger partial charge in [0.1, 0.15) is 5.25 Å². The molecule has 0 aliphatic rings. The van der Waals surface area contributed by atoms with Crippen LogP contribution in [-0.2, 0) is 4.79 Å². The van der Waals surface area contributed by atoms with E-state index in [4.69, 9.17) is 5.84 Å². The van der Waals surface area contributed by atoms with Crippen molar-refractivity contribution in [2.75, 3.05) is 5.84 Å². The highest BCUT2D eigenvalue weighted by molar-refractivity contribution is 8.00. The quantitative estimate of drug-likeness (QED) is 0.432. The molecular formula is C16H13N3O3S. The SMILES string of the molecule is Nn1c(SC(C(=O)O)c2ccccc2)nc2ccccc2c1=O. The van der Waals surface area contributed by atoms with E-state index in [0.717, 1.165) is 16.4 Å². The molecule has 3 N–H and O–H groups in total. The Morgan fingerprint density at radius 1 is 1.13 bits per heavy atom. The Balaban J connectivity index is 2.08. The van der Waals surface area contributed by atoms with E-state index >= 15 is 0 Å². The molecule has 0 spiro atoms. The van der Waals surface area contributed by atoms with Crippen LogP contribution in [-0.4, -0.2) is 20.7 Å². The van der Waals surface area contributed by atoms with Crippen molar-refractivity contribution in [2.24, 2.45) is 0 Å². The minimum Gasteiger partial charge on any atom is -0.480 e. The summed E-state index contributed by atoms with van der Waals surface area (Å²) in [4.78, 5) is 28.2. The van der Waals surface area contributed by atoms with Gasteiger partial charge in [-0.2, -0.15) is 0 Å². The topological polar surface area (TPSA) is 98.2 Å². The van der Waals surface area contributed by atoms with E-state index in [1.165, 1.54) is 0 Å². The van der Waals surface area contributed by atoms with Gasteiger partial charge in [-0.1, -0.05) is 54.2 Å². The van der Waals surface area contributed by atoms with Crippen molar-refractivity contribution in [2.45, 2.75) is 10.4 Å². The first-order valence-corrected chi connectivity index (χ1v) is 7.67. The molecule has 0 saturated carbocycles. The molecule has 116 valence electrons. The zero-order valence-electron chi connectivity index (χ0n) is 11.9. The summed E-state index contributed by atoms with van der Waals surface area (Å²) in [6.45, 7) is 0. The fourth-order valence-electron chi connectivity index (χ4n) is 2.20. The molecule has 0 fully saturated rings. The summed E-state index contributed by atoms with van der Waals surface area (Å²) >= 11 is 0.933. The fourth-order valence-corrected chi connectivity index (χ4v) is 3.16. The standard InChI is InChI=1S/C16H13N3O3S/c17-19-14(20)11-8-4-5-9-12(11)18-16(19)23-13(15(21)22)10-6-2-1-3-7-10/h1-9,13H,17H2,(H,21,22). The lowest BCUT2D eigenvalue weighted by Crippen LogP contribution is -2.30. The van der Waals surface area contributed by atoms with Gasteiger partial charge in [0.25, 0.3) is 5.56 Å². The van der Waals surface area contributed by atoms with E-state index in [2.05, 4.69) is 4.98 Å². The predicted octanol–water partition coefficient (Wildman–Crippen LogP) is 2.03. The highest BCUT2D eigenvalue weighted by Crippen LogP contribution is 2.33. The lowest BCUT2D eigenvalue weighted by molar-refractivity contribution is -0.136. The first kappa shape index (κ1) is 15.1. The smallest absolute Gasteiger partial charge is 0.321 e. The van der Waals surface area contributed by atoms with Crippen LogP contribution in [0.25, 0.3) is 10.9 Å².